The molecule has 2 heterocycles. The van der Waals surface area contributed by atoms with E-state index in [1.54, 1.807) is 36.9 Å². The summed E-state index contributed by atoms with van der Waals surface area (Å²) in [7, 11) is 0. The molecule has 0 saturated carbocycles. The van der Waals surface area contributed by atoms with Gasteiger partial charge in [-0.05, 0) is 12.1 Å². The number of carbonyl (C=O) groups excluding carboxylic acids is 1. The minimum atomic E-state index is -0.288. The van der Waals surface area contributed by atoms with Crippen LogP contribution in [0.2, 0.25) is 0 Å². The molecular weight excluding hydrogens is 206 g/mol. The van der Waals surface area contributed by atoms with Crippen molar-refractivity contribution >= 4 is 11.7 Å². The highest BCUT2D eigenvalue weighted by Crippen LogP contribution is 2.01. The SMILES string of the molecule is O=C(NCc1ncc[nH]1)Nc1cccnc1. The summed E-state index contributed by atoms with van der Waals surface area (Å²) in [4.78, 5) is 22.2. The zero-order valence-corrected chi connectivity index (χ0v) is 8.47. The highest BCUT2D eigenvalue weighted by atomic mass is 16.2. The second kappa shape index (κ2) is 4.92. The van der Waals surface area contributed by atoms with Crippen molar-refractivity contribution in [1.29, 1.82) is 0 Å². The molecule has 6 nitrogen and oxygen atoms in total. The van der Waals surface area contributed by atoms with Crippen molar-refractivity contribution in [2.75, 3.05) is 5.32 Å². The van der Waals surface area contributed by atoms with Gasteiger partial charge in [0, 0.05) is 18.6 Å². The van der Waals surface area contributed by atoms with Gasteiger partial charge in [-0.25, -0.2) is 9.78 Å². The molecule has 0 unspecified atom stereocenters. The molecule has 0 aliphatic carbocycles. The largest absolute Gasteiger partial charge is 0.347 e. The van der Waals surface area contributed by atoms with Gasteiger partial charge < -0.3 is 15.6 Å². The molecule has 2 aromatic heterocycles. The second-order valence-corrected chi connectivity index (χ2v) is 3.09. The molecule has 0 aliphatic heterocycles. The molecular formula is C10H11N5O. The summed E-state index contributed by atoms with van der Waals surface area (Å²) < 4.78 is 0. The minimum Gasteiger partial charge on any atom is -0.347 e. The van der Waals surface area contributed by atoms with E-state index in [2.05, 4.69) is 25.6 Å². The van der Waals surface area contributed by atoms with Crippen molar-refractivity contribution < 1.29 is 4.79 Å². The van der Waals surface area contributed by atoms with Gasteiger partial charge in [0.25, 0.3) is 0 Å². The van der Waals surface area contributed by atoms with Crippen LogP contribution in [-0.4, -0.2) is 21.0 Å². The minimum absolute atomic E-state index is 0.288. The molecule has 6 heteroatoms. The van der Waals surface area contributed by atoms with Crippen molar-refractivity contribution in [3.63, 3.8) is 0 Å². The number of hydrogen-bond donors (Lipinski definition) is 3. The van der Waals surface area contributed by atoms with Gasteiger partial charge in [-0.3, -0.25) is 4.98 Å². The number of urea groups is 1. The smallest absolute Gasteiger partial charge is 0.319 e. The van der Waals surface area contributed by atoms with Gasteiger partial charge in [0.15, 0.2) is 0 Å². The van der Waals surface area contributed by atoms with Crippen LogP contribution in [0.3, 0.4) is 0 Å². The monoisotopic (exact) mass is 217 g/mol. The first-order chi connectivity index (χ1) is 7.84. The molecule has 0 bridgehead atoms. The maximum Gasteiger partial charge on any atom is 0.319 e. The molecule has 0 saturated heterocycles. The number of pyridine rings is 1. The summed E-state index contributed by atoms with van der Waals surface area (Å²) in [6.45, 7) is 0.360. The highest BCUT2D eigenvalue weighted by molar-refractivity contribution is 5.88. The fourth-order valence-corrected chi connectivity index (χ4v) is 1.17. The first kappa shape index (κ1) is 10.2. The van der Waals surface area contributed by atoms with E-state index in [1.807, 2.05) is 0 Å². The van der Waals surface area contributed by atoms with Gasteiger partial charge in [-0.15, -0.1) is 0 Å². The average Bonchev–Trinajstić information content (AvgIpc) is 2.81. The molecule has 0 radical (unpaired) electrons. The van der Waals surface area contributed by atoms with E-state index < -0.39 is 0 Å². The molecule has 2 amide bonds. The van der Waals surface area contributed by atoms with Crippen LogP contribution in [0.4, 0.5) is 10.5 Å². The summed E-state index contributed by atoms with van der Waals surface area (Å²) in [5, 5.41) is 5.31. The predicted molar refractivity (Wildman–Crippen MR) is 58.7 cm³/mol. The fraction of sp³-hybridized carbons (Fsp3) is 0.100. The van der Waals surface area contributed by atoms with Crippen molar-refractivity contribution in [2.45, 2.75) is 6.54 Å². The van der Waals surface area contributed by atoms with Crippen LogP contribution in [-0.2, 0) is 6.54 Å². The molecule has 0 aliphatic rings. The quantitative estimate of drug-likeness (QED) is 0.720. The summed E-state index contributed by atoms with van der Waals surface area (Å²) in [6, 6.07) is 3.23. The molecule has 3 N–H and O–H groups in total. The number of amides is 2. The Labute approximate surface area is 92.1 Å². The van der Waals surface area contributed by atoms with E-state index in [0.29, 0.717) is 18.1 Å². The third-order valence-corrected chi connectivity index (χ3v) is 1.89. The Morgan fingerprint density at radius 1 is 1.44 bits per heavy atom. The Balaban J connectivity index is 1.81. The zero-order chi connectivity index (χ0) is 11.2. The highest BCUT2D eigenvalue weighted by Gasteiger charge is 2.01. The standard InChI is InChI=1S/C10H11N5O/c16-10(14-7-9-12-4-5-13-9)15-8-2-1-3-11-6-8/h1-6H,7H2,(H,12,13)(H2,14,15,16). The lowest BCUT2D eigenvalue weighted by molar-refractivity contribution is 0.251. The Morgan fingerprint density at radius 2 is 2.38 bits per heavy atom. The Kier molecular flexibility index (Phi) is 3.12. The summed E-state index contributed by atoms with van der Waals surface area (Å²) in [6.07, 6.45) is 6.56. The number of aromatic nitrogens is 3. The van der Waals surface area contributed by atoms with E-state index in [1.165, 1.54) is 0 Å². The molecule has 0 spiro atoms. The van der Waals surface area contributed by atoms with Gasteiger partial charge >= 0.3 is 6.03 Å². The van der Waals surface area contributed by atoms with Crippen LogP contribution in [0.1, 0.15) is 5.82 Å². The maximum absolute atomic E-state index is 11.4. The Bertz CT molecular complexity index is 439. The lowest BCUT2D eigenvalue weighted by Crippen LogP contribution is -2.28. The molecule has 2 aromatic rings. The van der Waals surface area contributed by atoms with Gasteiger partial charge in [0.05, 0.1) is 18.4 Å². The van der Waals surface area contributed by atoms with Crippen LogP contribution in [0, 0.1) is 0 Å². The third kappa shape index (κ3) is 2.81. The number of nitrogens with one attached hydrogen (secondary N) is 3. The van der Waals surface area contributed by atoms with Gasteiger partial charge in [0.1, 0.15) is 5.82 Å². The number of rotatable bonds is 3. The topological polar surface area (TPSA) is 82.7 Å². The second-order valence-electron chi connectivity index (χ2n) is 3.09. The Morgan fingerprint density at radius 3 is 3.06 bits per heavy atom. The van der Waals surface area contributed by atoms with E-state index in [4.69, 9.17) is 0 Å². The zero-order valence-electron chi connectivity index (χ0n) is 8.47. The first-order valence-electron chi connectivity index (χ1n) is 4.78. The van der Waals surface area contributed by atoms with Crippen LogP contribution in [0.5, 0.6) is 0 Å². The van der Waals surface area contributed by atoms with E-state index in [0.717, 1.165) is 0 Å². The maximum atomic E-state index is 11.4. The van der Waals surface area contributed by atoms with Crippen molar-refractivity contribution in [2.24, 2.45) is 0 Å². The fourth-order valence-electron chi connectivity index (χ4n) is 1.17. The molecule has 0 aromatic carbocycles. The summed E-state index contributed by atoms with van der Waals surface area (Å²) in [5.41, 5.74) is 0.652. The number of hydrogen-bond acceptors (Lipinski definition) is 3. The number of nitrogens with zero attached hydrogens (tertiary/aromatic N) is 2. The van der Waals surface area contributed by atoms with Crippen molar-refractivity contribution in [3.05, 3.63) is 42.7 Å². The first-order valence-corrected chi connectivity index (χ1v) is 4.78. The van der Waals surface area contributed by atoms with Crippen molar-refractivity contribution in [1.82, 2.24) is 20.3 Å². The molecule has 0 atom stereocenters. The number of aromatic amines is 1. The normalized spacial score (nSPS) is 9.75. The summed E-state index contributed by atoms with van der Waals surface area (Å²) in [5.74, 6) is 0.710. The Hall–Kier alpha value is -2.37. The number of H-pyrrole nitrogens is 1. The molecule has 82 valence electrons. The number of carbonyl (C=O) groups is 1. The van der Waals surface area contributed by atoms with E-state index in [-0.39, 0.29) is 6.03 Å². The summed E-state index contributed by atoms with van der Waals surface area (Å²) >= 11 is 0. The van der Waals surface area contributed by atoms with Gasteiger partial charge in [-0.1, -0.05) is 0 Å². The van der Waals surface area contributed by atoms with E-state index >= 15 is 0 Å². The lowest BCUT2D eigenvalue weighted by Gasteiger charge is -2.05. The van der Waals surface area contributed by atoms with Crippen LogP contribution < -0.4 is 10.6 Å². The van der Waals surface area contributed by atoms with Crippen LogP contribution in [0.25, 0.3) is 0 Å². The molecule has 2 rings (SSSR count). The van der Waals surface area contributed by atoms with Gasteiger partial charge in [0.2, 0.25) is 0 Å². The van der Waals surface area contributed by atoms with Gasteiger partial charge in [-0.2, -0.15) is 0 Å². The van der Waals surface area contributed by atoms with Crippen molar-refractivity contribution in [3.8, 4) is 0 Å². The van der Waals surface area contributed by atoms with E-state index in [9.17, 15) is 4.79 Å². The van der Waals surface area contributed by atoms with Crippen LogP contribution in [0.15, 0.2) is 36.9 Å². The number of anilines is 1. The predicted octanol–water partition coefficient (Wildman–Crippen LogP) is 1.13. The van der Waals surface area contributed by atoms with Crippen LogP contribution >= 0.6 is 0 Å². The third-order valence-electron chi connectivity index (χ3n) is 1.89. The molecule has 0 fully saturated rings. The average molecular weight is 217 g/mol. The number of imidazole rings is 1. The molecule has 16 heavy (non-hydrogen) atoms. The lowest BCUT2D eigenvalue weighted by atomic mass is 10.4.